The third kappa shape index (κ3) is 4.98. The van der Waals surface area contributed by atoms with Crippen molar-refractivity contribution in [3.63, 3.8) is 0 Å². The first-order valence-electron chi connectivity index (χ1n) is 6.55. The Hall–Kier alpha value is -0.0800. The zero-order valence-electron chi connectivity index (χ0n) is 10.4. The van der Waals surface area contributed by atoms with Gasteiger partial charge in [-0.05, 0) is 38.1 Å². The van der Waals surface area contributed by atoms with Gasteiger partial charge in [0.2, 0.25) is 0 Å². The van der Waals surface area contributed by atoms with E-state index in [1.54, 1.807) is 0 Å². The monoisotopic (exact) mass is 213 g/mol. The Bertz CT molecular complexity index is 151. The number of aliphatic hydroxyl groups is 1. The molecule has 1 N–H and O–H groups in total. The zero-order chi connectivity index (χ0) is 11.1. The standard InChI is InChI=1S/C13H27NO/c1-3-12(11-15)9-14(2)10-13-7-5-4-6-8-13/h12-13,15H,3-11H2,1-2H3. The van der Waals surface area contributed by atoms with Gasteiger partial charge in [0.25, 0.3) is 0 Å². The van der Waals surface area contributed by atoms with Gasteiger partial charge in [0.15, 0.2) is 0 Å². The fourth-order valence-corrected chi connectivity index (χ4v) is 2.64. The predicted octanol–water partition coefficient (Wildman–Crippen LogP) is 2.52. The Balaban J connectivity index is 2.18. The molecule has 0 amide bonds. The topological polar surface area (TPSA) is 23.5 Å². The molecule has 2 heteroatoms. The molecule has 90 valence electrons. The molecule has 0 radical (unpaired) electrons. The maximum Gasteiger partial charge on any atom is 0.0471 e. The van der Waals surface area contributed by atoms with E-state index in [0.717, 1.165) is 18.9 Å². The van der Waals surface area contributed by atoms with Gasteiger partial charge in [-0.2, -0.15) is 0 Å². The summed E-state index contributed by atoms with van der Waals surface area (Å²) in [6, 6.07) is 0. The number of nitrogens with zero attached hydrogens (tertiary/aromatic N) is 1. The van der Waals surface area contributed by atoms with E-state index in [9.17, 15) is 0 Å². The smallest absolute Gasteiger partial charge is 0.0471 e. The van der Waals surface area contributed by atoms with E-state index in [1.807, 2.05) is 0 Å². The van der Waals surface area contributed by atoms with Crippen LogP contribution in [0.4, 0.5) is 0 Å². The lowest BCUT2D eigenvalue weighted by Gasteiger charge is -2.28. The fourth-order valence-electron chi connectivity index (χ4n) is 2.64. The summed E-state index contributed by atoms with van der Waals surface area (Å²) < 4.78 is 0. The van der Waals surface area contributed by atoms with Crippen LogP contribution in [0.25, 0.3) is 0 Å². The molecule has 0 aromatic heterocycles. The normalized spacial score (nSPS) is 20.8. The van der Waals surface area contributed by atoms with E-state index in [4.69, 9.17) is 5.11 Å². The molecule has 1 aliphatic rings. The highest BCUT2D eigenvalue weighted by Crippen LogP contribution is 2.24. The minimum absolute atomic E-state index is 0.339. The molecule has 0 spiro atoms. The van der Waals surface area contributed by atoms with E-state index in [1.165, 1.54) is 38.6 Å². The molecule has 1 saturated carbocycles. The Labute approximate surface area is 94.7 Å². The van der Waals surface area contributed by atoms with Gasteiger partial charge in [-0.15, -0.1) is 0 Å². The Morgan fingerprint density at radius 3 is 2.47 bits per heavy atom. The Kier molecular flexibility index (Phi) is 6.26. The lowest BCUT2D eigenvalue weighted by molar-refractivity contribution is 0.156. The van der Waals surface area contributed by atoms with Crippen molar-refractivity contribution in [1.82, 2.24) is 4.90 Å². The van der Waals surface area contributed by atoms with Crippen molar-refractivity contribution in [2.75, 3.05) is 26.7 Å². The van der Waals surface area contributed by atoms with E-state index >= 15 is 0 Å². The summed E-state index contributed by atoms with van der Waals surface area (Å²) in [7, 11) is 2.20. The second-order valence-corrected chi connectivity index (χ2v) is 5.18. The van der Waals surface area contributed by atoms with Crippen LogP contribution in [0, 0.1) is 11.8 Å². The first-order valence-corrected chi connectivity index (χ1v) is 6.55. The van der Waals surface area contributed by atoms with Gasteiger partial charge in [-0.25, -0.2) is 0 Å². The number of rotatable bonds is 6. The van der Waals surface area contributed by atoms with Gasteiger partial charge in [-0.1, -0.05) is 26.2 Å². The predicted molar refractivity (Wildman–Crippen MR) is 64.9 cm³/mol. The quantitative estimate of drug-likeness (QED) is 0.733. The largest absolute Gasteiger partial charge is 0.396 e. The summed E-state index contributed by atoms with van der Waals surface area (Å²) in [6.07, 6.45) is 8.21. The van der Waals surface area contributed by atoms with Gasteiger partial charge in [0.1, 0.15) is 0 Å². The van der Waals surface area contributed by atoms with E-state index in [0.29, 0.717) is 12.5 Å². The average Bonchev–Trinajstić information content (AvgIpc) is 2.27. The van der Waals surface area contributed by atoms with Crippen molar-refractivity contribution < 1.29 is 5.11 Å². The maximum absolute atomic E-state index is 9.15. The van der Waals surface area contributed by atoms with Crippen molar-refractivity contribution in [1.29, 1.82) is 0 Å². The third-order valence-electron chi connectivity index (χ3n) is 3.70. The average molecular weight is 213 g/mol. The number of hydrogen-bond acceptors (Lipinski definition) is 2. The maximum atomic E-state index is 9.15. The van der Waals surface area contributed by atoms with Crippen LogP contribution >= 0.6 is 0 Å². The van der Waals surface area contributed by atoms with Crippen molar-refractivity contribution >= 4 is 0 Å². The summed E-state index contributed by atoms with van der Waals surface area (Å²) >= 11 is 0. The van der Waals surface area contributed by atoms with Crippen LogP contribution in [0.3, 0.4) is 0 Å². The molecule has 1 fully saturated rings. The number of hydrogen-bond donors (Lipinski definition) is 1. The number of aliphatic hydroxyl groups excluding tert-OH is 1. The molecule has 0 aliphatic heterocycles. The lowest BCUT2D eigenvalue weighted by Crippen LogP contribution is -2.32. The molecular formula is C13H27NO. The minimum Gasteiger partial charge on any atom is -0.396 e. The molecule has 1 atom stereocenters. The highest BCUT2D eigenvalue weighted by atomic mass is 16.3. The van der Waals surface area contributed by atoms with Crippen LogP contribution in [0.2, 0.25) is 0 Å². The molecule has 1 aliphatic carbocycles. The molecule has 1 unspecified atom stereocenters. The molecule has 15 heavy (non-hydrogen) atoms. The van der Waals surface area contributed by atoms with Crippen LogP contribution in [0.15, 0.2) is 0 Å². The summed E-state index contributed by atoms with van der Waals surface area (Å²) in [6.45, 7) is 4.79. The second kappa shape index (κ2) is 7.24. The Morgan fingerprint density at radius 2 is 1.93 bits per heavy atom. The Morgan fingerprint density at radius 1 is 1.27 bits per heavy atom. The molecular weight excluding hydrogens is 186 g/mol. The molecule has 0 bridgehead atoms. The molecule has 0 aromatic carbocycles. The second-order valence-electron chi connectivity index (χ2n) is 5.18. The summed E-state index contributed by atoms with van der Waals surface area (Å²) in [4.78, 5) is 2.42. The summed E-state index contributed by atoms with van der Waals surface area (Å²) in [5.74, 6) is 1.39. The van der Waals surface area contributed by atoms with E-state index < -0.39 is 0 Å². The first-order chi connectivity index (χ1) is 7.26. The van der Waals surface area contributed by atoms with E-state index in [-0.39, 0.29) is 0 Å². The van der Waals surface area contributed by atoms with Crippen LogP contribution in [0.1, 0.15) is 45.4 Å². The van der Waals surface area contributed by atoms with Gasteiger partial charge >= 0.3 is 0 Å². The van der Waals surface area contributed by atoms with Crippen LogP contribution in [-0.2, 0) is 0 Å². The summed E-state index contributed by atoms with van der Waals surface area (Å²) in [5.41, 5.74) is 0. The first kappa shape index (κ1) is 13.0. The highest BCUT2D eigenvalue weighted by molar-refractivity contribution is 4.70. The molecule has 0 saturated heterocycles. The third-order valence-corrected chi connectivity index (χ3v) is 3.70. The van der Waals surface area contributed by atoms with Crippen molar-refractivity contribution in [3.05, 3.63) is 0 Å². The van der Waals surface area contributed by atoms with Crippen molar-refractivity contribution in [2.24, 2.45) is 11.8 Å². The molecule has 0 aromatic rings. The summed E-state index contributed by atoms with van der Waals surface area (Å²) in [5, 5.41) is 9.15. The molecule has 2 nitrogen and oxygen atoms in total. The van der Waals surface area contributed by atoms with Crippen molar-refractivity contribution in [2.45, 2.75) is 45.4 Å². The highest BCUT2D eigenvalue weighted by Gasteiger charge is 2.16. The van der Waals surface area contributed by atoms with Crippen molar-refractivity contribution in [3.8, 4) is 0 Å². The van der Waals surface area contributed by atoms with E-state index in [2.05, 4.69) is 18.9 Å². The fraction of sp³-hybridized carbons (Fsp3) is 1.00. The molecule has 0 heterocycles. The zero-order valence-corrected chi connectivity index (χ0v) is 10.4. The SMILES string of the molecule is CCC(CO)CN(C)CC1CCCCC1. The van der Waals surface area contributed by atoms with Gasteiger partial charge in [-0.3, -0.25) is 0 Å². The molecule has 1 rings (SSSR count). The van der Waals surface area contributed by atoms with Crippen LogP contribution in [-0.4, -0.2) is 36.8 Å². The minimum atomic E-state index is 0.339. The van der Waals surface area contributed by atoms with Gasteiger partial charge < -0.3 is 10.0 Å². The van der Waals surface area contributed by atoms with Crippen LogP contribution < -0.4 is 0 Å². The lowest BCUT2D eigenvalue weighted by atomic mass is 9.89. The van der Waals surface area contributed by atoms with Gasteiger partial charge in [0, 0.05) is 19.7 Å². The van der Waals surface area contributed by atoms with Gasteiger partial charge in [0.05, 0.1) is 0 Å². The van der Waals surface area contributed by atoms with Crippen LogP contribution in [0.5, 0.6) is 0 Å².